The van der Waals surface area contributed by atoms with Gasteiger partial charge in [0.2, 0.25) is 0 Å². The Bertz CT molecular complexity index is 1350. The SMILES string of the molecule is COC1CCN(C2CCC(Nc3c(C(=O)C4CC4)cnc4ccc(-c5cc(Cl)c(O)c(Cl)c5)cc34)CC2)C1. The highest BCUT2D eigenvalue weighted by atomic mass is 35.5. The fourth-order valence-electron chi connectivity index (χ4n) is 6.08. The predicted molar refractivity (Wildman–Crippen MR) is 153 cm³/mol. The van der Waals surface area contributed by atoms with Crippen LogP contribution in [0.4, 0.5) is 5.69 Å². The lowest BCUT2D eigenvalue weighted by Gasteiger charge is -2.35. The highest BCUT2D eigenvalue weighted by Gasteiger charge is 2.34. The minimum atomic E-state index is -0.124. The van der Waals surface area contributed by atoms with Gasteiger partial charge in [-0.1, -0.05) is 29.3 Å². The van der Waals surface area contributed by atoms with Crippen LogP contribution in [0.25, 0.3) is 22.0 Å². The molecule has 0 radical (unpaired) electrons. The lowest BCUT2D eigenvalue weighted by Crippen LogP contribution is -2.40. The minimum absolute atomic E-state index is 0.104. The monoisotopic (exact) mass is 553 g/mol. The molecule has 0 spiro atoms. The lowest BCUT2D eigenvalue weighted by molar-refractivity contribution is 0.0947. The van der Waals surface area contributed by atoms with Crippen molar-refractivity contribution >= 4 is 45.6 Å². The molecule has 2 aromatic carbocycles. The summed E-state index contributed by atoms with van der Waals surface area (Å²) in [5, 5.41) is 15.1. The summed E-state index contributed by atoms with van der Waals surface area (Å²) in [7, 11) is 1.81. The van der Waals surface area contributed by atoms with Crippen molar-refractivity contribution in [2.45, 2.75) is 63.1 Å². The fourth-order valence-corrected chi connectivity index (χ4v) is 6.57. The summed E-state index contributed by atoms with van der Waals surface area (Å²) in [4.78, 5) is 20.6. The first-order chi connectivity index (χ1) is 18.4. The second-order valence-electron chi connectivity index (χ2n) is 11.0. The topological polar surface area (TPSA) is 74.7 Å². The molecule has 2 aliphatic carbocycles. The van der Waals surface area contributed by atoms with Crippen molar-refractivity contribution in [3.05, 3.63) is 52.1 Å². The maximum atomic E-state index is 13.3. The third-order valence-electron chi connectivity index (χ3n) is 8.50. The van der Waals surface area contributed by atoms with Crippen LogP contribution in [0.2, 0.25) is 10.0 Å². The summed E-state index contributed by atoms with van der Waals surface area (Å²) in [6.45, 7) is 2.15. The van der Waals surface area contributed by atoms with E-state index in [0.29, 0.717) is 23.8 Å². The van der Waals surface area contributed by atoms with Gasteiger partial charge in [-0.2, -0.15) is 0 Å². The van der Waals surface area contributed by atoms with E-state index >= 15 is 0 Å². The van der Waals surface area contributed by atoms with Crippen LogP contribution >= 0.6 is 23.2 Å². The zero-order valence-corrected chi connectivity index (χ0v) is 23.1. The molecule has 1 aromatic heterocycles. The van der Waals surface area contributed by atoms with Gasteiger partial charge in [-0.15, -0.1) is 0 Å². The molecule has 2 saturated carbocycles. The molecule has 8 heteroatoms. The number of aromatic nitrogens is 1. The van der Waals surface area contributed by atoms with Crippen LogP contribution in [0.15, 0.2) is 36.5 Å². The van der Waals surface area contributed by atoms with Gasteiger partial charge in [-0.25, -0.2) is 0 Å². The van der Waals surface area contributed by atoms with E-state index in [1.807, 2.05) is 25.3 Å². The molecular formula is C30H33Cl2N3O3. The molecule has 6 rings (SSSR count). The first-order valence-electron chi connectivity index (χ1n) is 13.6. The van der Waals surface area contributed by atoms with Crippen molar-refractivity contribution in [1.29, 1.82) is 0 Å². The van der Waals surface area contributed by atoms with E-state index in [1.165, 1.54) is 0 Å². The maximum absolute atomic E-state index is 13.3. The number of anilines is 1. The number of hydrogen-bond acceptors (Lipinski definition) is 6. The zero-order chi connectivity index (χ0) is 26.4. The second-order valence-corrected chi connectivity index (χ2v) is 11.8. The molecule has 2 N–H and O–H groups in total. The first-order valence-corrected chi connectivity index (χ1v) is 14.4. The maximum Gasteiger partial charge on any atom is 0.169 e. The van der Waals surface area contributed by atoms with E-state index in [1.54, 1.807) is 18.3 Å². The van der Waals surface area contributed by atoms with E-state index in [-0.39, 0.29) is 27.5 Å². The number of methoxy groups -OCH3 is 1. The van der Waals surface area contributed by atoms with Crippen LogP contribution in [-0.2, 0) is 4.74 Å². The summed E-state index contributed by atoms with van der Waals surface area (Å²) < 4.78 is 5.57. The van der Waals surface area contributed by atoms with Gasteiger partial charge in [-0.3, -0.25) is 14.7 Å². The van der Waals surface area contributed by atoms with Gasteiger partial charge in [0.25, 0.3) is 0 Å². The molecule has 0 amide bonds. The smallest absolute Gasteiger partial charge is 0.169 e. The third kappa shape index (κ3) is 5.12. The van der Waals surface area contributed by atoms with E-state index in [9.17, 15) is 9.90 Å². The molecule has 1 atom stereocenters. The van der Waals surface area contributed by atoms with Crippen molar-refractivity contribution in [2.24, 2.45) is 5.92 Å². The minimum Gasteiger partial charge on any atom is -0.505 e. The van der Waals surface area contributed by atoms with Crippen LogP contribution in [-0.4, -0.2) is 59.2 Å². The fraction of sp³-hybridized carbons (Fsp3) is 0.467. The van der Waals surface area contributed by atoms with Gasteiger partial charge in [-0.05, 0) is 80.3 Å². The number of hydrogen-bond donors (Lipinski definition) is 2. The number of likely N-dealkylation sites (tertiary alicyclic amines) is 1. The quantitative estimate of drug-likeness (QED) is 0.308. The number of carbonyl (C=O) groups excluding carboxylic acids is 1. The van der Waals surface area contributed by atoms with E-state index in [0.717, 1.165) is 85.8 Å². The van der Waals surface area contributed by atoms with Gasteiger partial charge < -0.3 is 15.2 Å². The number of nitrogens with one attached hydrogen (secondary N) is 1. The number of phenols is 1. The number of pyridine rings is 1. The highest BCUT2D eigenvalue weighted by Crippen LogP contribution is 2.41. The average Bonchev–Trinajstić information content (AvgIpc) is 3.68. The molecule has 3 aromatic rings. The van der Waals surface area contributed by atoms with Crippen LogP contribution in [0.1, 0.15) is 55.3 Å². The van der Waals surface area contributed by atoms with Gasteiger partial charge in [0.15, 0.2) is 11.5 Å². The Hall–Kier alpha value is -2.38. The van der Waals surface area contributed by atoms with Gasteiger partial charge in [0.1, 0.15) is 0 Å². The number of carbonyl (C=O) groups is 1. The molecule has 200 valence electrons. The van der Waals surface area contributed by atoms with Crippen molar-refractivity contribution in [3.8, 4) is 16.9 Å². The van der Waals surface area contributed by atoms with E-state index < -0.39 is 0 Å². The van der Waals surface area contributed by atoms with Crippen molar-refractivity contribution in [1.82, 2.24) is 9.88 Å². The summed E-state index contributed by atoms with van der Waals surface area (Å²) in [5.41, 5.74) is 4.09. The lowest BCUT2D eigenvalue weighted by atomic mass is 9.89. The average molecular weight is 555 g/mol. The number of halogens is 2. The number of nitrogens with zero attached hydrogens (tertiary/aromatic N) is 2. The van der Waals surface area contributed by atoms with E-state index in [4.69, 9.17) is 27.9 Å². The largest absolute Gasteiger partial charge is 0.505 e. The van der Waals surface area contributed by atoms with Crippen LogP contribution in [0, 0.1) is 5.92 Å². The summed E-state index contributed by atoms with van der Waals surface area (Å²) >= 11 is 12.4. The highest BCUT2D eigenvalue weighted by molar-refractivity contribution is 6.37. The Morgan fingerprint density at radius 1 is 1.03 bits per heavy atom. The number of phenolic OH excluding ortho intramolecular Hbond substituents is 1. The second kappa shape index (κ2) is 10.6. The van der Waals surface area contributed by atoms with Gasteiger partial charge >= 0.3 is 0 Å². The number of fused-ring (bicyclic) bond motifs is 1. The zero-order valence-electron chi connectivity index (χ0n) is 21.6. The Balaban J connectivity index is 1.30. The third-order valence-corrected chi connectivity index (χ3v) is 9.08. The van der Waals surface area contributed by atoms with Crippen molar-refractivity contribution < 1.29 is 14.6 Å². The molecule has 0 bridgehead atoms. The normalized spacial score (nSPS) is 24.1. The molecule has 2 heterocycles. The predicted octanol–water partition coefficient (Wildman–Crippen LogP) is 6.95. The summed E-state index contributed by atoms with van der Waals surface area (Å²) in [6, 6.07) is 10.3. The number of benzene rings is 2. The molecule has 6 nitrogen and oxygen atoms in total. The van der Waals surface area contributed by atoms with Crippen LogP contribution in [0.5, 0.6) is 5.75 Å². The van der Waals surface area contributed by atoms with Crippen molar-refractivity contribution in [2.75, 3.05) is 25.5 Å². The molecule has 1 saturated heterocycles. The van der Waals surface area contributed by atoms with Gasteiger partial charge in [0.05, 0.1) is 32.9 Å². The van der Waals surface area contributed by atoms with E-state index in [2.05, 4.69) is 15.2 Å². The number of ketones is 1. The number of aromatic hydroxyl groups is 1. The van der Waals surface area contributed by atoms with Crippen molar-refractivity contribution in [3.63, 3.8) is 0 Å². The first kappa shape index (κ1) is 25.9. The number of ether oxygens (including phenoxy) is 1. The van der Waals surface area contributed by atoms with Crippen LogP contribution < -0.4 is 5.32 Å². The summed E-state index contributed by atoms with van der Waals surface area (Å²) in [6.07, 6.45) is 9.51. The number of rotatable bonds is 7. The molecule has 3 aliphatic rings. The standard InChI is InChI=1S/C30H33Cl2N3O3/c1-38-22-10-11-35(16-22)21-7-5-20(6-8-21)34-28-23-12-18(19-13-25(31)30(37)26(32)14-19)4-9-27(23)33-15-24(28)29(36)17-2-3-17/h4,9,12-15,17,20-22,37H,2-3,5-8,10-11,16H2,1H3,(H,33,34). The molecular weight excluding hydrogens is 521 g/mol. The molecule has 1 unspecified atom stereocenters. The molecule has 1 aliphatic heterocycles. The molecule has 3 fully saturated rings. The van der Waals surface area contributed by atoms with Gasteiger partial charge in [0, 0.05) is 49.8 Å². The Morgan fingerprint density at radius 3 is 2.42 bits per heavy atom. The molecule has 38 heavy (non-hydrogen) atoms. The van der Waals surface area contributed by atoms with Crippen LogP contribution in [0.3, 0.4) is 0 Å². The Kier molecular flexibility index (Phi) is 7.25. The Labute approximate surface area is 233 Å². The summed E-state index contributed by atoms with van der Waals surface area (Å²) in [5.74, 6) is 0.160. The number of Topliss-reactive ketones (excluding diaryl/α,β-unsaturated/α-hetero) is 1. The Morgan fingerprint density at radius 2 is 1.76 bits per heavy atom.